The summed E-state index contributed by atoms with van der Waals surface area (Å²) in [6, 6.07) is 0. The van der Waals surface area contributed by atoms with Crippen molar-refractivity contribution in [3.63, 3.8) is 0 Å². The number of hydrogen-bond donors (Lipinski definition) is 0. The summed E-state index contributed by atoms with van der Waals surface area (Å²) in [5, 5.41) is 0. The zero-order chi connectivity index (χ0) is 5.82. The van der Waals surface area contributed by atoms with Gasteiger partial charge in [-0.3, -0.25) is 0 Å². The smallest absolute Gasteiger partial charge is 0.225 e. The van der Waals surface area contributed by atoms with Crippen LogP contribution in [0.15, 0.2) is 24.3 Å². The van der Waals surface area contributed by atoms with E-state index in [1.54, 1.807) is 0 Å². The van der Waals surface area contributed by atoms with Crippen LogP contribution in [0.4, 0.5) is 0 Å². The van der Waals surface area contributed by atoms with Gasteiger partial charge in [0, 0.05) is 0 Å². The molecule has 0 aromatic heterocycles. The zero-order valence-corrected chi connectivity index (χ0v) is 6.22. The van der Waals surface area contributed by atoms with E-state index >= 15 is 0 Å². The van der Waals surface area contributed by atoms with Crippen molar-refractivity contribution in [1.82, 2.24) is 0 Å². The minimum absolute atomic E-state index is 0. The average Bonchev–Trinajstić information content (AvgIpc) is 1.90. The number of hydrogen-bond acceptors (Lipinski definition) is 0. The van der Waals surface area contributed by atoms with E-state index in [-0.39, 0.29) is 18.9 Å². The van der Waals surface area contributed by atoms with Crippen molar-refractivity contribution in [2.45, 2.75) is 19.8 Å². The van der Waals surface area contributed by atoms with E-state index in [0.29, 0.717) is 0 Å². The topological polar surface area (TPSA) is 0 Å². The molecule has 0 aromatic carbocycles. The molecule has 0 N–H and O–H groups in total. The van der Waals surface area contributed by atoms with Gasteiger partial charge in [0.15, 0.2) is 0 Å². The van der Waals surface area contributed by atoms with Gasteiger partial charge >= 0.3 is 18.9 Å². The van der Waals surface area contributed by atoms with E-state index in [1.807, 2.05) is 0 Å². The number of rotatable bonds is 1. The van der Waals surface area contributed by atoms with Gasteiger partial charge in [0.1, 0.15) is 0 Å². The molecular weight excluding hydrogens is 103 g/mol. The summed E-state index contributed by atoms with van der Waals surface area (Å²) >= 11 is 0. The summed E-state index contributed by atoms with van der Waals surface area (Å²) in [4.78, 5) is 0. The monoisotopic (exact) mass is 114 g/mol. The Morgan fingerprint density at radius 3 is 2.56 bits per heavy atom. The van der Waals surface area contributed by atoms with Crippen molar-refractivity contribution in [3.8, 4) is 0 Å². The van der Waals surface area contributed by atoms with Gasteiger partial charge in [0.25, 0.3) is 0 Å². The largest absolute Gasteiger partial charge is 1.00 e. The van der Waals surface area contributed by atoms with Crippen molar-refractivity contribution < 1.29 is 18.9 Å². The Morgan fingerprint density at radius 2 is 2.22 bits per heavy atom. The molecule has 1 rings (SSSR count). The van der Waals surface area contributed by atoms with Crippen LogP contribution in [0.2, 0.25) is 0 Å². The van der Waals surface area contributed by atoms with Gasteiger partial charge in [-0.05, 0) is 0 Å². The fourth-order valence-electron chi connectivity index (χ4n) is 0.820. The minimum atomic E-state index is 0. The predicted octanol–water partition coefficient (Wildman–Crippen LogP) is -0.509. The van der Waals surface area contributed by atoms with Crippen LogP contribution >= 0.6 is 0 Å². The first kappa shape index (κ1) is 8.95. The summed E-state index contributed by atoms with van der Waals surface area (Å²) in [6.07, 6.45) is 10.9. The summed E-state index contributed by atoms with van der Waals surface area (Å²) in [5.74, 6) is 1.53. The maximum atomic E-state index is 2.19. The van der Waals surface area contributed by atoms with Gasteiger partial charge in [-0.25, -0.2) is 18.1 Å². The third-order valence-electron chi connectivity index (χ3n) is 1.41. The second kappa shape index (κ2) is 4.79. The van der Waals surface area contributed by atoms with Crippen LogP contribution in [0.3, 0.4) is 0 Å². The van der Waals surface area contributed by atoms with Gasteiger partial charge in [-0.1, -0.05) is 13.3 Å². The van der Waals surface area contributed by atoms with E-state index in [0.717, 1.165) is 6.42 Å². The first-order valence-corrected chi connectivity index (χ1v) is 3.11. The maximum Gasteiger partial charge on any atom is 1.00 e. The molecule has 0 bridgehead atoms. The molecule has 1 aliphatic rings. The molecule has 0 saturated heterocycles. The van der Waals surface area contributed by atoms with Crippen molar-refractivity contribution in [1.29, 1.82) is 0 Å². The second-order valence-corrected chi connectivity index (χ2v) is 2.00. The third-order valence-corrected chi connectivity index (χ3v) is 1.41. The van der Waals surface area contributed by atoms with Crippen LogP contribution in [0.1, 0.15) is 19.8 Å². The maximum absolute atomic E-state index is 2.19. The van der Waals surface area contributed by atoms with Crippen LogP contribution in [0, 0.1) is 5.92 Å². The van der Waals surface area contributed by atoms with Crippen molar-refractivity contribution in [2.75, 3.05) is 0 Å². The van der Waals surface area contributed by atoms with Crippen LogP contribution in [0.25, 0.3) is 0 Å². The standard InChI is InChI=1S/C8H11.Li/c1-2-8-6-4-3-5-7-8;/h3-6H,2,7H2,1H3;/q-1;+1. The summed E-state index contributed by atoms with van der Waals surface area (Å²) in [5.41, 5.74) is 0. The first-order chi connectivity index (χ1) is 3.93. The molecule has 0 spiro atoms. The summed E-state index contributed by atoms with van der Waals surface area (Å²) in [6.45, 7) is 2.19. The molecule has 44 valence electrons. The molecule has 0 unspecified atom stereocenters. The average molecular weight is 114 g/mol. The van der Waals surface area contributed by atoms with E-state index < -0.39 is 0 Å². The summed E-state index contributed by atoms with van der Waals surface area (Å²) < 4.78 is 0. The van der Waals surface area contributed by atoms with Crippen molar-refractivity contribution in [3.05, 3.63) is 30.2 Å². The molecular formula is C8H11Li. The fourth-order valence-corrected chi connectivity index (χ4v) is 0.820. The summed E-state index contributed by atoms with van der Waals surface area (Å²) in [7, 11) is 0. The molecule has 9 heavy (non-hydrogen) atoms. The molecule has 0 heterocycles. The Morgan fingerprint density at radius 1 is 1.44 bits per heavy atom. The van der Waals surface area contributed by atoms with Crippen molar-refractivity contribution >= 4 is 0 Å². The molecule has 1 heteroatoms. The molecule has 0 amide bonds. The first-order valence-electron chi connectivity index (χ1n) is 3.11. The Kier molecular flexibility index (Phi) is 4.76. The Hall–Kier alpha value is -0.0526. The molecule has 0 fully saturated rings. The predicted molar refractivity (Wildman–Crippen MR) is 36.4 cm³/mol. The molecule has 0 nitrogen and oxygen atoms in total. The van der Waals surface area contributed by atoms with Crippen molar-refractivity contribution in [2.24, 2.45) is 0 Å². The zero-order valence-electron chi connectivity index (χ0n) is 6.22. The van der Waals surface area contributed by atoms with E-state index in [9.17, 15) is 0 Å². The van der Waals surface area contributed by atoms with Crippen LogP contribution in [-0.2, 0) is 0 Å². The van der Waals surface area contributed by atoms with E-state index in [1.165, 1.54) is 12.3 Å². The SMILES string of the molecule is CC[C-]1C=CC=CC1.[Li+]. The van der Waals surface area contributed by atoms with Gasteiger partial charge in [-0.2, -0.15) is 0 Å². The molecule has 0 aromatic rings. The van der Waals surface area contributed by atoms with Crippen LogP contribution in [-0.4, -0.2) is 0 Å². The molecule has 0 aliphatic heterocycles. The minimum Gasteiger partial charge on any atom is -0.225 e. The fraction of sp³-hybridized carbons (Fsp3) is 0.375. The molecule has 0 radical (unpaired) electrons. The van der Waals surface area contributed by atoms with Gasteiger partial charge in [0.05, 0.1) is 0 Å². The Bertz CT molecular complexity index is 114. The van der Waals surface area contributed by atoms with E-state index in [2.05, 4.69) is 31.2 Å². The Labute approximate surface area is 69.2 Å². The van der Waals surface area contributed by atoms with Crippen LogP contribution < -0.4 is 18.9 Å². The normalized spacial score (nSPS) is 15.4. The van der Waals surface area contributed by atoms with Crippen LogP contribution in [0.5, 0.6) is 0 Å². The van der Waals surface area contributed by atoms with Gasteiger partial charge < -0.3 is 0 Å². The Balaban J connectivity index is 0.000000640. The molecule has 0 atom stereocenters. The molecule has 0 saturated carbocycles. The number of allylic oxidation sites excluding steroid dienone is 4. The third kappa shape index (κ3) is 2.84. The molecule has 1 aliphatic carbocycles. The quantitative estimate of drug-likeness (QED) is 0.318. The van der Waals surface area contributed by atoms with E-state index in [4.69, 9.17) is 0 Å². The van der Waals surface area contributed by atoms with Gasteiger partial charge in [-0.15, -0.1) is 18.6 Å². The van der Waals surface area contributed by atoms with Gasteiger partial charge in [0.2, 0.25) is 0 Å². The second-order valence-electron chi connectivity index (χ2n) is 2.00.